The van der Waals surface area contributed by atoms with Crippen LogP contribution in [0.1, 0.15) is 11.1 Å². The summed E-state index contributed by atoms with van der Waals surface area (Å²) in [5, 5.41) is 7.53. The number of hydrogen-bond acceptors (Lipinski definition) is 3. The lowest BCUT2D eigenvalue weighted by Gasteiger charge is -2.08. The van der Waals surface area contributed by atoms with Crippen LogP contribution in [0.3, 0.4) is 0 Å². The van der Waals surface area contributed by atoms with E-state index in [2.05, 4.69) is 16.0 Å². The Morgan fingerprint density at radius 2 is 1.35 bits per heavy atom. The molecule has 0 fully saturated rings. The van der Waals surface area contributed by atoms with E-state index in [4.69, 9.17) is 0 Å². The normalized spacial score (nSPS) is 10.0. The van der Waals surface area contributed by atoms with Gasteiger partial charge in [-0.25, -0.2) is 4.39 Å². The molecule has 2 rings (SSSR count). The minimum atomic E-state index is -0.479. The Kier molecular flexibility index (Phi) is 7.30. The molecule has 0 atom stereocenters. The van der Waals surface area contributed by atoms with Crippen molar-refractivity contribution in [1.82, 2.24) is 16.0 Å². The highest BCUT2D eigenvalue weighted by Crippen LogP contribution is 2.03. The number of amides is 3. The van der Waals surface area contributed by atoms with Gasteiger partial charge in [-0.05, 0) is 23.3 Å². The fraction of sp³-hybridized carbons (Fsp3) is 0.211. The highest BCUT2D eigenvalue weighted by Gasteiger charge is 2.08. The number of nitrogens with one attached hydrogen (secondary N) is 3. The van der Waals surface area contributed by atoms with Crippen molar-refractivity contribution in [3.05, 3.63) is 71.5 Å². The molecule has 0 heterocycles. The maximum absolute atomic E-state index is 13.0. The zero-order valence-corrected chi connectivity index (χ0v) is 14.1. The summed E-state index contributed by atoms with van der Waals surface area (Å²) in [4.78, 5) is 35.1. The molecule has 7 heteroatoms. The van der Waals surface area contributed by atoms with Gasteiger partial charge in [-0.2, -0.15) is 0 Å². The summed E-state index contributed by atoms with van der Waals surface area (Å²) in [7, 11) is 0. The van der Waals surface area contributed by atoms with E-state index in [1.807, 2.05) is 30.3 Å². The van der Waals surface area contributed by atoms with Crippen LogP contribution >= 0.6 is 0 Å². The molecular formula is C19H20FN3O3. The van der Waals surface area contributed by atoms with Gasteiger partial charge in [0.25, 0.3) is 0 Å². The van der Waals surface area contributed by atoms with Crippen LogP contribution in [0.25, 0.3) is 0 Å². The van der Waals surface area contributed by atoms with Crippen LogP contribution in [0.4, 0.5) is 4.39 Å². The summed E-state index contributed by atoms with van der Waals surface area (Å²) < 4.78 is 13.0. The summed E-state index contributed by atoms with van der Waals surface area (Å²) in [5.41, 5.74) is 1.47. The van der Waals surface area contributed by atoms with Gasteiger partial charge in [0.2, 0.25) is 17.7 Å². The van der Waals surface area contributed by atoms with Crippen LogP contribution in [0.5, 0.6) is 0 Å². The smallest absolute Gasteiger partial charge is 0.239 e. The predicted molar refractivity (Wildman–Crippen MR) is 94.4 cm³/mol. The summed E-state index contributed by atoms with van der Waals surface area (Å²) in [6, 6.07) is 15.1. The summed E-state index contributed by atoms with van der Waals surface area (Å²) in [6.45, 7) is -0.0501. The lowest BCUT2D eigenvalue weighted by atomic mass is 10.1. The third-order valence-electron chi connectivity index (χ3n) is 3.48. The first-order valence-corrected chi connectivity index (χ1v) is 8.11. The van der Waals surface area contributed by atoms with Crippen LogP contribution < -0.4 is 16.0 Å². The van der Waals surface area contributed by atoms with Gasteiger partial charge in [-0.15, -0.1) is 0 Å². The van der Waals surface area contributed by atoms with Crippen molar-refractivity contribution in [2.75, 3.05) is 13.1 Å². The first-order chi connectivity index (χ1) is 12.5. The largest absolute Gasteiger partial charge is 0.350 e. The average molecular weight is 357 g/mol. The molecule has 0 bridgehead atoms. The minimum Gasteiger partial charge on any atom is -0.350 e. The molecule has 0 saturated heterocycles. The van der Waals surface area contributed by atoms with Gasteiger partial charge in [0.1, 0.15) is 5.82 Å². The molecule has 3 N–H and O–H groups in total. The third kappa shape index (κ3) is 7.12. The van der Waals surface area contributed by atoms with E-state index in [0.717, 1.165) is 5.56 Å². The van der Waals surface area contributed by atoms with Gasteiger partial charge in [-0.3, -0.25) is 14.4 Å². The Morgan fingerprint density at radius 3 is 2.04 bits per heavy atom. The van der Waals surface area contributed by atoms with E-state index in [1.165, 1.54) is 18.2 Å². The molecule has 0 saturated carbocycles. The molecule has 0 aliphatic rings. The van der Waals surface area contributed by atoms with Crippen molar-refractivity contribution in [2.45, 2.75) is 13.0 Å². The topological polar surface area (TPSA) is 87.3 Å². The lowest BCUT2D eigenvalue weighted by molar-refractivity contribution is -0.127. The molecule has 3 amide bonds. The average Bonchev–Trinajstić information content (AvgIpc) is 2.64. The van der Waals surface area contributed by atoms with Crippen LogP contribution in [0.2, 0.25) is 0 Å². The van der Waals surface area contributed by atoms with E-state index in [9.17, 15) is 18.8 Å². The molecular weight excluding hydrogens is 337 g/mol. The standard InChI is InChI=1S/C19H20FN3O3/c20-16-8-4-7-15(9-16)10-17(24)22-12-19(26)23-13-18(25)21-11-14-5-2-1-3-6-14/h1-9H,10-13H2,(H,21,25)(H,22,24)(H,23,26). The van der Waals surface area contributed by atoms with Crippen molar-refractivity contribution < 1.29 is 18.8 Å². The predicted octanol–water partition coefficient (Wildman–Crippen LogP) is 0.917. The van der Waals surface area contributed by atoms with Crippen molar-refractivity contribution in [3.8, 4) is 0 Å². The first kappa shape index (κ1) is 19.1. The molecule has 0 aromatic heterocycles. The SMILES string of the molecule is O=C(CNC(=O)Cc1cccc(F)c1)NCC(=O)NCc1ccccc1. The van der Waals surface area contributed by atoms with Crippen molar-refractivity contribution in [1.29, 1.82) is 0 Å². The van der Waals surface area contributed by atoms with E-state index < -0.39 is 17.6 Å². The Hall–Kier alpha value is -3.22. The molecule has 0 aliphatic carbocycles. The Balaban J connectivity index is 1.62. The fourth-order valence-electron chi connectivity index (χ4n) is 2.17. The summed E-state index contributed by atoms with van der Waals surface area (Å²) in [5.74, 6) is -1.63. The minimum absolute atomic E-state index is 0.0252. The van der Waals surface area contributed by atoms with Crippen LogP contribution in [-0.2, 0) is 27.3 Å². The van der Waals surface area contributed by atoms with Gasteiger partial charge in [0, 0.05) is 6.54 Å². The molecule has 0 spiro atoms. The summed E-state index contributed by atoms with van der Waals surface area (Å²) >= 11 is 0. The van der Waals surface area contributed by atoms with E-state index in [-0.39, 0.29) is 25.4 Å². The van der Waals surface area contributed by atoms with Gasteiger partial charge in [-0.1, -0.05) is 42.5 Å². The second-order valence-electron chi connectivity index (χ2n) is 5.62. The lowest BCUT2D eigenvalue weighted by Crippen LogP contribution is -2.42. The molecule has 2 aromatic carbocycles. The first-order valence-electron chi connectivity index (χ1n) is 8.11. The Bertz CT molecular complexity index is 766. The summed E-state index contributed by atoms with van der Waals surface area (Å²) in [6.07, 6.45) is -0.0252. The highest BCUT2D eigenvalue weighted by molar-refractivity contribution is 5.88. The zero-order chi connectivity index (χ0) is 18.8. The van der Waals surface area contributed by atoms with E-state index in [1.54, 1.807) is 6.07 Å². The van der Waals surface area contributed by atoms with Crippen molar-refractivity contribution in [2.24, 2.45) is 0 Å². The number of carbonyl (C=O) groups is 3. The van der Waals surface area contributed by atoms with Crippen LogP contribution in [-0.4, -0.2) is 30.8 Å². The molecule has 26 heavy (non-hydrogen) atoms. The molecule has 0 unspecified atom stereocenters. The van der Waals surface area contributed by atoms with Gasteiger partial charge >= 0.3 is 0 Å². The van der Waals surface area contributed by atoms with Crippen LogP contribution in [0, 0.1) is 5.82 Å². The number of rotatable bonds is 8. The molecule has 0 radical (unpaired) electrons. The maximum atomic E-state index is 13.0. The molecule has 6 nitrogen and oxygen atoms in total. The second kappa shape index (κ2) is 9.93. The Labute approximate surface area is 150 Å². The van der Waals surface area contributed by atoms with Gasteiger partial charge in [0.05, 0.1) is 19.5 Å². The van der Waals surface area contributed by atoms with Gasteiger partial charge < -0.3 is 16.0 Å². The van der Waals surface area contributed by atoms with Crippen LogP contribution in [0.15, 0.2) is 54.6 Å². The number of hydrogen-bond donors (Lipinski definition) is 3. The van der Waals surface area contributed by atoms with Gasteiger partial charge in [0.15, 0.2) is 0 Å². The number of halogens is 1. The zero-order valence-electron chi connectivity index (χ0n) is 14.1. The number of carbonyl (C=O) groups excluding carboxylic acids is 3. The van der Waals surface area contributed by atoms with Crippen molar-refractivity contribution in [3.63, 3.8) is 0 Å². The second-order valence-corrected chi connectivity index (χ2v) is 5.62. The monoisotopic (exact) mass is 357 g/mol. The van der Waals surface area contributed by atoms with Crippen molar-refractivity contribution >= 4 is 17.7 Å². The van der Waals surface area contributed by atoms with E-state index >= 15 is 0 Å². The quantitative estimate of drug-likeness (QED) is 0.656. The third-order valence-corrected chi connectivity index (χ3v) is 3.48. The molecule has 2 aromatic rings. The fourth-order valence-corrected chi connectivity index (χ4v) is 2.17. The number of benzene rings is 2. The molecule has 0 aliphatic heterocycles. The molecule has 136 valence electrons. The maximum Gasteiger partial charge on any atom is 0.239 e. The Morgan fingerprint density at radius 1 is 0.731 bits per heavy atom. The highest BCUT2D eigenvalue weighted by atomic mass is 19.1. The van der Waals surface area contributed by atoms with E-state index in [0.29, 0.717) is 12.1 Å².